The lowest BCUT2D eigenvalue weighted by Crippen LogP contribution is -2.28. The Morgan fingerprint density at radius 2 is 2.11 bits per heavy atom. The van der Waals surface area contributed by atoms with Crippen LogP contribution in [0.2, 0.25) is 0 Å². The summed E-state index contributed by atoms with van der Waals surface area (Å²) in [7, 11) is 0. The fourth-order valence-corrected chi connectivity index (χ4v) is 1.78. The number of hydrogen-bond acceptors (Lipinski definition) is 5. The summed E-state index contributed by atoms with van der Waals surface area (Å²) in [6, 6.07) is 6.07. The minimum Gasteiger partial charge on any atom is -0.356 e. The van der Waals surface area contributed by atoms with Gasteiger partial charge in [0, 0.05) is 25.5 Å². The minimum absolute atomic E-state index is 0.0238. The largest absolute Gasteiger partial charge is 0.356 e. The van der Waals surface area contributed by atoms with Crippen molar-refractivity contribution in [2.75, 3.05) is 18.0 Å². The van der Waals surface area contributed by atoms with E-state index in [9.17, 15) is 0 Å². The van der Waals surface area contributed by atoms with Crippen molar-refractivity contribution in [3.05, 3.63) is 24.5 Å². The van der Waals surface area contributed by atoms with E-state index in [0.717, 1.165) is 17.9 Å². The van der Waals surface area contributed by atoms with Gasteiger partial charge in [0.05, 0.1) is 12.0 Å². The fraction of sp³-hybridized carbons (Fsp3) is 0.385. The summed E-state index contributed by atoms with van der Waals surface area (Å²) in [6.45, 7) is 5.44. The quantitative estimate of drug-likeness (QED) is 0.819. The molecule has 1 atom stereocenters. The van der Waals surface area contributed by atoms with Crippen molar-refractivity contribution in [2.45, 2.75) is 13.8 Å². The smallest absolute Gasteiger partial charge is 0.180 e. The number of hydrogen-bond donors (Lipinski definition) is 0. The molecule has 0 aliphatic carbocycles. The normalized spacial score (nSPS) is 12.1. The van der Waals surface area contributed by atoms with Crippen LogP contribution in [-0.4, -0.2) is 28.0 Å². The number of fused-ring (bicyclic) bond motifs is 1. The van der Waals surface area contributed by atoms with Crippen molar-refractivity contribution in [2.24, 2.45) is 5.92 Å². The summed E-state index contributed by atoms with van der Waals surface area (Å²) >= 11 is 0. The summed E-state index contributed by atoms with van der Waals surface area (Å²) in [5.41, 5.74) is 1.42. The molecule has 0 saturated heterocycles. The SMILES string of the molecule is CCN(CC(C)C#N)c1ccc2nccnc2n1. The highest BCUT2D eigenvalue weighted by Crippen LogP contribution is 2.15. The van der Waals surface area contributed by atoms with Crippen molar-refractivity contribution < 1.29 is 0 Å². The van der Waals surface area contributed by atoms with E-state index in [1.807, 2.05) is 26.0 Å². The van der Waals surface area contributed by atoms with Gasteiger partial charge in [0.25, 0.3) is 0 Å². The van der Waals surface area contributed by atoms with Gasteiger partial charge in [-0.25, -0.2) is 9.97 Å². The molecule has 5 nitrogen and oxygen atoms in total. The van der Waals surface area contributed by atoms with E-state index in [2.05, 4.69) is 25.9 Å². The van der Waals surface area contributed by atoms with Crippen LogP contribution in [0.3, 0.4) is 0 Å². The molecule has 2 aromatic rings. The monoisotopic (exact) mass is 241 g/mol. The molecular weight excluding hydrogens is 226 g/mol. The lowest BCUT2D eigenvalue weighted by atomic mass is 10.2. The van der Waals surface area contributed by atoms with Crippen LogP contribution < -0.4 is 4.90 Å². The number of aromatic nitrogens is 3. The topological polar surface area (TPSA) is 65.7 Å². The molecule has 0 fully saturated rings. The molecule has 5 heteroatoms. The summed E-state index contributed by atoms with van der Waals surface area (Å²) < 4.78 is 0. The van der Waals surface area contributed by atoms with E-state index < -0.39 is 0 Å². The van der Waals surface area contributed by atoms with Crippen LogP contribution in [0.4, 0.5) is 5.82 Å². The molecule has 92 valence electrons. The molecule has 0 N–H and O–H groups in total. The Morgan fingerprint density at radius 3 is 2.83 bits per heavy atom. The van der Waals surface area contributed by atoms with E-state index in [4.69, 9.17) is 5.26 Å². The molecular formula is C13H15N5. The Labute approximate surface area is 106 Å². The Kier molecular flexibility index (Phi) is 3.68. The van der Waals surface area contributed by atoms with E-state index in [0.29, 0.717) is 12.2 Å². The Balaban J connectivity index is 2.31. The molecule has 18 heavy (non-hydrogen) atoms. The van der Waals surface area contributed by atoms with Crippen LogP contribution in [0.5, 0.6) is 0 Å². The number of anilines is 1. The molecule has 0 saturated carbocycles. The molecule has 0 spiro atoms. The molecule has 0 radical (unpaired) electrons. The third-order valence-electron chi connectivity index (χ3n) is 2.74. The predicted molar refractivity (Wildman–Crippen MR) is 70.0 cm³/mol. The van der Waals surface area contributed by atoms with Crippen LogP contribution in [-0.2, 0) is 0 Å². The summed E-state index contributed by atoms with van der Waals surface area (Å²) in [5.74, 6) is 0.817. The third-order valence-corrected chi connectivity index (χ3v) is 2.74. The predicted octanol–water partition coefficient (Wildman–Crippen LogP) is 2.01. The van der Waals surface area contributed by atoms with Gasteiger partial charge in [-0.15, -0.1) is 0 Å². The van der Waals surface area contributed by atoms with Gasteiger partial charge in [0.1, 0.15) is 11.3 Å². The molecule has 0 aromatic carbocycles. The van der Waals surface area contributed by atoms with Crippen LogP contribution in [0, 0.1) is 17.2 Å². The first-order valence-electron chi connectivity index (χ1n) is 5.97. The summed E-state index contributed by atoms with van der Waals surface area (Å²) in [5, 5.41) is 8.88. The van der Waals surface area contributed by atoms with Gasteiger partial charge >= 0.3 is 0 Å². The zero-order chi connectivity index (χ0) is 13.0. The van der Waals surface area contributed by atoms with Crippen molar-refractivity contribution in [3.8, 4) is 6.07 Å². The number of nitrogens with zero attached hydrogens (tertiary/aromatic N) is 5. The van der Waals surface area contributed by atoms with E-state index in [1.54, 1.807) is 12.4 Å². The van der Waals surface area contributed by atoms with Gasteiger partial charge in [0.15, 0.2) is 5.65 Å². The van der Waals surface area contributed by atoms with Gasteiger partial charge < -0.3 is 4.90 Å². The van der Waals surface area contributed by atoms with Crippen molar-refractivity contribution in [3.63, 3.8) is 0 Å². The van der Waals surface area contributed by atoms with Crippen LogP contribution in [0.25, 0.3) is 11.2 Å². The first-order valence-corrected chi connectivity index (χ1v) is 5.97. The highest BCUT2D eigenvalue weighted by atomic mass is 15.2. The molecule has 1 unspecified atom stereocenters. The lowest BCUT2D eigenvalue weighted by molar-refractivity contribution is 0.680. The van der Waals surface area contributed by atoms with Gasteiger partial charge in [0.2, 0.25) is 0 Å². The molecule has 2 aromatic heterocycles. The average molecular weight is 241 g/mol. The van der Waals surface area contributed by atoms with Gasteiger partial charge in [-0.3, -0.25) is 4.98 Å². The minimum atomic E-state index is -0.0238. The molecule has 0 bridgehead atoms. The van der Waals surface area contributed by atoms with Crippen LogP contribution in [0.15, 0.2) is 24.5 Å². The zero-order valence-electron chi connectivity index (χ0n) is 10.5. The second-order valence-electron chi connectivity index (χ2n) is 4.14. The van der Waals surface area contributed by atoms with E-state index >= 15 is 0 Å². The standard InChI is InChI=1S/C13H15N5/c1-3-18(9-10(2)8-14)12-5-4-11-13(17-12)16-7-6-15-11/h4-7,10H,3,9H2,1-2H3. The Morgan fingerprint density at radius 1 is 1.33 bits per heavy atom. The van der Waals surface area contributed by atoms with Crippen LogP contribution in [0.1, 0.15) is 13.8 Å². The maximum absolute atomic E-state index is 8.88. The Hall–Kier alpha value is -2.22. The molecule has 2 heterocycles. The maximum atomic E-state index is 8.88. The number of rotatable bonds is 4. The van der Waals surface area contributed by atoms with Gasteiger partial charge in [-0.1, -0.05) is 0 Å². The summed E-state index contributed by atoms with van der Waals surface area (Å²) in [6.07, 6.45) is 3.28. The molecule has 2 rings (SSSR count). The number of nitriles is 1. The van der Waals surface area contributed by atoms with Crippen molar-refractivity contribution in [1.29, 1.82) is 5.26 Å². The second-order valence-corrected chi connectivity index (χ2v) is 4.14. The summed E-state index contributed by atoms with van der Waals surface area (Å²) in [4.78, 5) is 14.9. The fourth-order valence-electron chi connectivity index (χ4n) is 1.78. The third kappa shape index (κ3) is 2.54. The van der Waals surface area contributed by atoms with E-state index in [1.165, 1.54) is 0 Å². The zero-order valence-corrected chi connectivity index (χ0v) is 10.5. The molecule has 0 amide bonds. The highest BCUT2D eigenvalue weighted by Gasteiger charge is 2.11. The Bertz CT molecular complexity index is 575. The second kappa shape index (κ2) is 5.41. The highest BCUT2D eigenvalue weighted by molar-refractivity contribution is 5.71. The average Bonchev–Trinajstić information content (AvgIpc) is 2.44. The first kappa shape index (κ1) is 12.2. The lowest BCUT2D eigenvalue weighted by Gasteiger charge is -2.22. The van der Waals surface area contributed by atoms with Gasteiger partial charge in [-0.2, -0.15) is 5.26 Å². The van der Waals surface area contributed by atoms with E-state index in [-0.39, 0.29) is 5.92 Å². The first-order chi connectivity index (χ1) is 8.74. The van der Waals surface area contributed by atoms with Crippen LogP contribution >= 0.6 is 0 Å². The molecule has 0 aliphatic heterocycles. The molecule has 0 aliphatic rings. The maximum Gasteiger partial charge on any atom is 0.180 e. The van der Waals surface area contributed by atoms with Crippen molar-refractivity contribution >= 4 is 17.0 Å². The van der Waals surface area contributed by atoms with Gasteiger partial charge in [-0.05, 0) is 26.0 Å². The number of pyridine rings is 1. The van der Waals surface area contributed by atoms with Crippen molar-refractivity contribution in [1.82, 2.24) is 15.0 Å².